The Morgan fingerprint density at radius 2 is 1.81 bits per heavy atom. The van der Waals surface area contributed by atoms with E-state index in [1.165, 1.54) is 10.4 Å². The number of hydrogen-bond donors (Lipinski definition) is 1. The van der Waals surface area contributed by atoms with Gasteiger partial charge in [-0.05, 0) is 38.5 Å². The fraction of sp³-hybridized carbons (Fsp3) is 0.286. The van der Waals surface area contributed by atoms with Gasteiger partial charge in [-0.2, -0.15) is 0 Å². The molecule has 0 saturated heterocycles. The van der Waals surface area contributed by atoms with E-state index in [0.29, 0.717) is 23.2 Å². The molecule has 158 valence electrons. The summed E-state index contributed by atoms with van der Waals surface area (Å²) >= 11 is 7.84. The van der Waals surface area contributed by atoms with Crippen molar-refractivity contribution in [1.82, 2.24) is 25.0 Å². The smallest absolute Gasteiger partial charge is 0.241 e. The quantitative estimate of drug-likeness (QED) is 0.501. The lowest BCUT2D eigenvalue weighted by atomic mass is 9.99. The number of aryl methyl sites for hydroxylation is 2. The molecule has 5 rings (SSSR count). The minimum atomic E-state index is -0.391. The molecule has 0 aliphatic carbocycles. The molecule has 0 spiro atoms. The summed E-state index contributed by atoms with van der Waals surface area (Å²) in [5, 5.41) is 27.7. The molecular weight excluding hydrogens is 436 g/mol. The standard InChI is InChI=1S/C21H19ClN6O2S/c1-10-11(2)31-21-18(10)19(13-4-6-14(22)7-5-13)23-15(20-27-24-12(3)28(20)21)8-16-25-26-17(9-29)30-16/h4-7,15,29H,8-9H2,1-3H3/t15-/m0/s1. The molecule has 3 aromatic heterocycles. The Bertz CT molecular complexity index is 1300. The van der Waals surface area contributed by atoms with Crippen molar-refractivity contribution in [2.75, 3.05) is 0 Å². The van der Waals surface area contributed by atoms with Gasteiger partial charge in [0, 0.05) is 21.0 Å². The van der Waals surface area contributed by atoms with Gasteiger partial charge in [0.05, 0.1) is 12.1 Å². The van der Waals surface area contributed by atoms with Gasteiger partial charge in [0.1, 0.15) is 23.5 Å². The van der Waals surface area contributed by atoms with Crippen LogP contribution in [0.25, 0.3) is 5.00 Å². The summed E-state index contributed by atoms with van der Waals surface area (Å²) in [4.78, 5) is 6.36. The summed E-state index contributed by atoms with van der Waals surface area (Å²) in [6, 6.07) is 7.29. The number of benzene rings is 1. The molecule has 0 bridgehead atoms. The molecule has 1 aliphatic heterocycles. The highest BCUT2D eigenvalue weighted by Crippen LogP contribution is 2.39. The van der Waals surface area contributed by atoms with Crippen molar-refractivity contribution in [3.8, 4) is 5.00 Å². The maximum absolute atomic E-state index is 9.26. The summed E-state index contributed by atoms with van der Waals surface area (Å²) in [5.74, 6) is 2.07. The first-order valence-electron chi connectivity index (χ1n) is 9.74. The summed E-state index contributed by atoms with van der Waals surface area (Å²) in [7, 11) is 0. The molecule has 8 nitrogen and oxygen atoms in total. The van der Waals surface area contributed by atoms with Crippen LogP contribution in [0, 0.1) is 20.8 Å². The number of aliphatic imine (C=N–C) groups is 1. The molecular formula is C21H19ClN6O2S. The van der Waals surface area contributed by atoms with E-state index in [2.05, 4.69) is 38.8 Å². The number of halogens is 1. The van der Waals surface area contributed by atoms with E-state index >= 15 is 0 Å². The molecule has 4 aromatic rings. The van der Waals surface area contributed by atoms with Crippen LogP contribution in [0.5, 0.6) is 0 Å². The van der Waals surface area contributed by atoms with Crippen molar-refractivity contribution in [2.24, 2.45) is 4.99 Å². The van der Waals surface area contributed by atoms with Gasteiger partial charge in [-0.25, -0.2) is 0 Å². The lowest BCUT2D eigenvalue weighted by molar-refractivity contribution is 0.236. The van der Waals surface area contributed by atoms with Crippen LogP contribution >= 0.6 is 22.9 Å². The van der Waals surface area contributed by atoms with Gasteiger partial charge >= 0.3 is 0 Å². The second-order valence-corrected chi connectivity index (χ2v) is 9.00. The van der Waals surface area contributed by atoms with E-state index in [0.717, 1.165) is 27.7 Å². The molecule has 1 aliphatic rings. The Labute approximate surface area is 187 Å². The van der Waals surface area contributed by atoms with E-state index in [9.17, 15) is 5.11 Å². The minimum absolute atomic E-state index is 0.175. The fourth-order valence-corrected chi connectivity index (χ4v) is 5.07. The molecule has 31 heavy (non-hydrogen) atoms. The number of rotatable bonds is 4. The van der Waals surface area contributed by atoms with Gasteiger partial charge < -0.3 is 9.52 Å². The fourth-order valence-electron chi connectivity index (χ4n) is 3.73. The van der Waals surface area contributed by atoms with Gasteiger partial charge in [0.15, 0.2) is 5.82 Å². The van der Waals surface area contributed by atoms with E-state index < -0.39 is 6.04 Å². The molecule has 0 fully saturated rings. The van der Waals surface area contributed by atoms with Crippen LogP contribution in [-0.2, 0) is 13.0 Å². The summed E-state index contributed by atoms with van der Waals surface area (Å²) < 4.78 is 7.61. The zero-order valence-electron chi connectivity index (χ0n) is 17.1. The third-order valence-electron chi connectivity index (χ3n) is 5.37. The molecule has 0 amide bonds. The van der Waals surface area contributed by atoms with Crippen molar-refractivity contribution in [1.29, 1.82) is 0 Å². The third-order valence-corrected chi connectivity index (χ3v) is 6.81. The Morgan fingerprint density at radius 1 is 1.06 bits per heavy atom. The summed E-state index contributed by atoms with van der Waals surface area (Å²) in [6.45, 7) is 5.86. The van der Waals surface area contributed by atoms with Crippen LogP contribution < -0.4 is 0 Å². The number of hydrogen-bond acceptors (Lipinski definition) is 8. The molecule has 10 heteroatoms. The van der Waals surface area contributed by atoms with Crippen LogP contribution in [0.2, 0.25) is 5.02 Å². The molecule has 1 N–H and O–H groups in total. The molecule has 0 saturated carbocycles. The van der Waals surface area contributed by atoms with E-state index in [4.69, 9.17) is 21.0 Å². The van der Waals surface area contributed by atoms with Crippen LogP contribution in [0.15, 0.2) is 33.7 Å². The largest absolute Gasteiger partial charge is 0.423 e. The van der Waals surface area contributed by atoms with Gasteiger partial charge in [-0.1, -0.05) is 23.7 Å². The van der Waals surface area contributed by atoms with Crippen LogP contribution in [-0.4, -0.2) is 35.8 Å². The lowest BCUT2D eigenvalue weighted by Gasteiger charge is -2.11. The monoisotopic (exact) mass is 454 g/mol. The van der Waals surface area contributed by atoms with E-state index in [1.807, 2.05) is 31.2 Å². The van der Waals surface area contributed by atoms with Gasteiger partial charge in [0.2, 0.25) is 11.8 Å². The minimum Gasteiger partial charge on any atom is -0.423 e. The Kier molecular flexibility index (Phi) is 4.96. The Hall–Kier alpha value is -2.88. The zero-order chi connectivity index (χ0) is 21.7. The molecule has 4 heterocycles. The maximum atomic E-state index is 9.26. The number of aromatic nitrogens is 5. The predicted molar refractivity (Wildman–Crippen MR) is 117 cm³/mol. The highest BCUT2D eigenvalue weighted by molar-refractivity contribution is 7.15. The van der Waals surface area contributed by atoms with Crippen LogP contribution in [0.4, 0.5) is 0 Å². The van der Waals surface area contributed by atoms with E-state index in [1.54, 1.807) is 11.3 Å². The number of fused-ring (bicyclic) bond motifs is 3. The number of thiophene rings is 1. The van der Waals surface area contributed by atoms with Crippen molar-refractivity contribution < 1.29 is 9.52 Å². The van der Waals surface area contributed by atoms with Crippen molar-refractivity contribution >= 4 is 28.6 Å². The second-order valence-electron chi connectivity index (χ2n) is 7.36. The first-order valence-corrected chi connectivity index (χ1v) is 10.9. The average Bonchev–Trinajstić information content (AvgIpc) is 3.42. The van der Waals surface area contributed by atoms with Gasteiger partial charge in [-0.3, -0.25) is 9.56 Å². The van der Waals surface area contributed by atoms with E-state index in [-0.39, 0.29) is 12.5 Å². The van der Waals surface area contributed by atoms with Gasteiger partial charge in [0.25, 0.3) is 0 Å². The number of nitrogens with zero attached hydrogens (tertiary/aromatic N) is 6. The average molecular weight is 455 g/mol. The Morgan fingerprint density at radius 3 is 2.52 bits per heavy atom. The van der Waals surface area contributed by atoms with Crippen molar-refractivity contribution in [2.45, 2.75) is 39.8 Å². The lowest BCUT2D eigenvalue weighted by Crippen LogP contribution is -2.09. The van der Waals surface area contributed by atoms with Gasteiger partial charge in [-0.15, -0.1) is 31.7 Å². The molecule has 0 radical (unpaired) electrons. The first kappa shape index (κ1) is 20.0. The van der Waals surface area contributed by atoms with Crippen LogP contribution in [0.3, 0.4) is 0 Å². The first-order chi connectivity index (χ1) is 15.0. The maximum Gasteiger partial charge on any atom is 0.241 e. The Balaban J connectivity index is 1.73. The molecule has 1 aromatic carbocycles. The topological polar surface area (TPSA) is 102 Å². The number of aliphatic hydroxyl groups excluding tert-OH is 1. The molecule has 0 unspecified atom stereocenters. The normalized spacial score (nSPS) is 15.4. The highest BCUT2D eigenvalue weighted by Gasteiger charge is 2.32. The summed E-state index contributed by atoms with van der Waals surface area (Å²) in [5.41, 5.74) is 4.08. The second kappa shape index (κ2) is 7.67. The van der Waals surface area contributed by atoms with Crippen LogP contribution in [0.1, 0.15) is 51.0 Å². The van der Waals surface area contributed by atoms with Crippen molar-refractivity contribution in [3.05, 3.63) is 74.3 Å². The summed E-state index contributed by atoms with van der Waals surface area (Å²) in [6.07, 6.45) is 0.342. The zero-order valence-corrected chi connectivity index (χ0v) is 18.7. The third kappa shape index (κ3) is 3.38. The number of aliphatic hydroxyl groups is 1. The molecule has 1 atom stereocenters. The highest BCUT2D eigenvalue weighted by atomic mass is 35.5. The van der Waals surface area contributed by atoms with Crippen molar-refractivity contribution in [3.63, 3.8) is 0 Å². The SMILES string of the molecule is Cc1sc2c(c1C)C(c1ccc(Cl)cc1)=N[C@@H](Cc1nnc(CO)o1)c1nnc(C)n1-2. The predicted octanol–water partition coefficient (Wildman–Crippen LogP) is 3.92.